The number of nitrogens with zero attached hydrogens (tertiary/aromatic N) is 1. The van der Waals surface area contributed by atoms with Crippen LogP contribution in [-0.4, -0.2) is 13.2 Å². The molecular weight excluding hydrogens is 222 g/mol. The molecule has 0 aliphatic carbocycles. The van der Waals surface area contributed by atoms with E-state index in [0.717, 1.165) is 32.5 Å². The van der Waals surface area contributed by atoms with Gasteiger partial charge in [-0.2, -0.15) is 5.26 Å². The van der Waals surface area contributed by atoms with E-state index < -0.39 is 0 Å². The zero-order chi connectivity index (χ0) is 13.0. The normalized spacial score (nSPS) is 18.6. The van der Waals surface area contributed by atoms with Crippen LogP contribution in [-0.2, 0) is 11.2 Å². The van der Waals surface area contributed by atoms with E-state index >= 15 is 0 Å². The summed E-state index contributed by atoms with van der Waals surface area (Å²) in [7, 11) is 0. The zero-order valence-electron chi connectivity index (χ0n) is 11.3. The largest absolute Gasteiger partial charge is 0.381 e. The number of hydrogen-bond donors (Lipinski definition) is 0. The highest BCUT2D eigenvalue weighted by molar-refractivity contribution is 5.26. The van der Waals surface area contributed by atoms with Gasteiger partial charge in [-0.05, 0) is 36.3 Å². The Morgan fingerprint density at radius 3 is 2.33 bits per heavy atom. The lowest BCUT2D eigenvalue weighted by molar-refractivity contribution is 0.0406. The van der Waals surface area contributed by atoms with Crippen LogP contribution < -0.4 is 0 Å². The van der Waals surface area contributed by atoms with Crippen molar-refractivity contribution >= 4 is 0 Å². The summed E-state index contributed by atoms with van der Waals surface area (Å²) in [5.74, 6) is 0.562. The molecule has 18 heavy (non-hydrogen) atoms. The van der Waals surface area contributed by atoms with Gasteiger partial charge < -0.3 is 4.74 Å². The van der Waals surface area contributed by atoms with Gasteiger partial charge in [-0.3, -0.25) is 0 Å². The molecule has 2 rings (SSSR count). The molecule has 0 bridgehead atoms. The first-order valence-corrected chi connectivity index (χ1v) is 6.73. The van der Waals surface area contributed by atoms with E-state index in [1.807, 2.05) is 0 Å². The van der Waals surface area contributed by atoms with Crippen molar-refractivity contribution in [3.8, 4) is 6.07 Å². The second kappa shape index (κ2) is 5.54. The molecule has 0 amide bonds. The zero-order valence-corrected chi connectivity index (χ0v) is 11.3. The summed E-state index contributed by atoms with van der Waals surface area (Å²) in [4.78, 5) is 0. The Balaban J connectivity index is 2.10. The fraction of sp³-hybridized carbons (Fsp3) is 0.562. The van der Waals surface area contributed by atoms with Gasteiger partial charge in [0.2, 0.25) is 0 Å². The molecule has 0 spiro atoms. The predicted molar refractivity (Wildman–Crippen MR) is 72.3 cm³/mol. The van der Waals surface area contributed by atoms with Crippen molar-refractivity contribution in [3.05, 3.63) is 35.4 Å². The lowest BCUT2D eigenvalue weighted by Gasteiger charge is -2.30. The minimum Gasteiger partial charge on any atom is -0.381 e. The quantitative estimate of drug-likeness (QED) is 0.811. The third-order valence-corrected chi connectivity index (χ3v) is 3.88. The van der Waals surface area contributed by atoms with Crippen molar-refractivity contribution in [3.63, 3.8) is 0 Å². The number of ether oxygens (including phenoxy) is 1. The molecule has 1 heterocycles. The highest BCUT2D eigenvalue weighted by Gasteiger charge is 2.32. The lowest BCUT2D eigenvalue weighted by atomic mass is 9.76. The summed E-state index contributed by atoms with van der Waals surface area (Å²) in [6.45, 7) is 5.84. The summed E-state index contributed by atoms with van der Waals surface area (Å²) in [6.07, 6.45) is 2.57. The topological polar surface area (TPSA) is 33.0 Å². The summed E-state index contributed by atoms with van der Waals surface area (Å²) in [5.41, 5.74) is 2.41. The van der Waals surface area contributed by atoms with Gasteiger partial charge in [0.05, 0.1) is 11.5 Å². The van der Waals surface area contributed by atoms with Crippen LogP contribution in [0.25, 0.3) is 0 Å². The Morgan fingerprint density at radius 2 is 1.83 bits per heavy atom. The van der Waals surface area contributed by atoms with Gasteiger partial charge in [0.1, 0.15) is 0 Å². The number of rotatable bonds is 3. The fourth-order valence-electron chi connectivity index (χ4n) is 2.50. The Hall–Kier alpha value is -1.33. The van der Waals surface area contributed by atoms with Gasteiger partial charge in [-0.25, -0.2) is 0 Å². The predicted octanol–water partition coefficient (Wildman–Crippen LogP) is 3.67. The third kappa shape index (κ3) is 2.91. The van der Waals surface area contributed by atoms with Crippen LogP contribution >= 0.6 is 0 Å². The van der Waals surface area contributed by atoms with Crippen LogP contribution in [0.5, 0.6) is 0 Å². The molecule has 0 radical (unpaired) electrons. The maximum atomic E-state index is 9.44. The van der Waals surface area contributed by atoms with E-state index in [1.165, 1.54) is 11.1 Å². The minimum atomic E-state index is -0.211. The summed E-state index contributed by atoms with van der Waals surface area (Å²) < 4.78 is 5.36. The van der Waals surface area contributed by atoms with Crippen molar-refractivity contribution in [1.82, 2.24) is 0 Å². The average molecular weight is 243 g/mol. The van der Waals surface area contributed by atoms with Gasteiger partial charge in [0.25, 0.3) is 0 Å². The molecule has 1 aromatic carbocycles. The Morgan fingerprint density at radius 1 is 1.22 bits per heavy atom. The van der Waals surface area contributed by atoms with Crippen LogP contribution in [0.4, 0.5) is 0 Å². The number of benzene rings is 1. The Bertz CT molecular complexity index is 421. The van der Waals surface area contributed by atoms with Crippen molar-refractivity contribution in [2.24, 2.45) is 5.41 Å². The molecule has 1 aliphatic rings. The van der Waals surface area contributed by atoms with Crippen molar-refractivity contribution < 1.29 is 4.74 Å². The Kier molecular flexibility index (Phi) is 4.04. The fourth-order valence-corrected chi connectivity index (χ4v) is 2.50. The van der Waals surface area contributed by atoms with Gasteiger partial charge in [-0.15, -0.1) is 0 Å². The average Bonchev–Trinajstić information content (AvgIpc) is 2.40. The van der Waals surface area contributed by atoms with Crippen molar-refractivity contribution in [2.75, 3.05) is 13.2 Å². The first kappa shape index (κ1) is 13.1. The standard InChI is InChI=1S/C16H21NO/c1-13(2)15-5-3-14(4-6-15)11-16(12-17)7-9-18-10-8-16/h3-6,13H,7-11H2,1-2H3. The maximum absolute atomic E-state index is 9.44. The van der Waals surface area contributed by atoms with E-state index in [4.69, 9.17) is 4.74 Å². The smallest absolute Gasteiger partial charge is 0.0695 e. The van der Waals surface area contributed by atoms with E-state index in [-0.39, 0.29) is 5.41 Å². The molecular formula is C16H21NO. The number of nitriles is 1. The molecule has 1 saturated heterocycles. The summed E-state index contributed by atoms with van der Waals surface area (Å²) >= 11 is 0. The molecule has 1 aliphatic heterocycles. The van der Waals surface area contributed by atoms with Crippen LogP contribution in [0.2, 0.25) is 0 Å². The van der Waals surface area contributed by atoms with Crippen LogP contribution in [0.3, 0.4) is 0 Å². The Labute approximate surface area is 110 Å². The minimum absolute atomic E-state index is 0.211. The van der Waals surface area contributed by atoms with E-state index in [9.17, 15) is 5.26 Å². The summed E-state index contributed by atoms with van der Waals surface area (Å²) in [6, 6.07) is 11.2. The lowest BCUT2D eigenvalue weighted by Crippen LogP contribution is -2.30. The first-order valence-electron chi connectivity index (χ1n) is 6.73. The molecule has 0 saturated carbocycles. The molecule has 0 unspecified atom stereocenters. The molecule has 0 atom stereocenters. The second-order valence-corrected chi connectivity index (χ2v) is 5.58. The van der Waals surface area contributed by atoms with Crippen LogP contribution in [0, 0.1) is 16.7 Å². The monoisotopic (exact) mass is 243 g/mol. The van der Waals surface area contributed by atoms with Crippen LogP contribution in [0.1, 0.15) is 43.7 Å². The van der Waals surface area contributed by atoms with Gasteiger partial charge in [0, 0.05) is 13.2 Å². The molecule has 2 nitrogen and oxygen atoms in total. The SMILES string of the molecule is CC(C)c1ccc(CC2(C#N)CCOCC2)cc1. The highest BCUT2D eigenvalue weighted by atomic mass is 16.5. The highest BCUT2D eigenvalue weighted by Crippen LogP contribution is 2.33. The molecule has 0 N–H and O–H groups in total. The third-order valence-electron chi connectivity index (χ3n) is 3.88. The van der Waals surface area contributed by atoms with Gasteiger partial charge in [0.15, 0.2) is 0 Å². The summed E-state index contributed by atoms with van der Waals surface area (Å²) in [5, 5.41) is 9.44. The van der Waals surface area contributed by atoms with Gasteiger partial charge in [-0.1, -0.05) is 38.1 Å². The van der Waals surface area contributed by atoms with E-state index in [1.54, 1.807) is 0 Å². The van der Waals surface area contributed by atoms with Crippen molar-refractivity contribution in [2.45, 2.75) is 39.0 Å². The van der Waals surface area contributed by atoms with E-state index in [2.05, 4.69) is 44.2 Å². The van der Waals surface area contributed by atoms with E-state index in [0.29, 0.717) is 5.92 Å². The second-order valence-electron chi connectivity index (χ2n) is 5.58. The molecule has 1 aromatic rings. The van der Waals surface area contributed by atoms with Gasteiger partial charge >= 0.3 is 0 Å². The van der Waals surface area contributed by atoms with Crippen molar-refractivity contribution in [1.29, 1.82) is 5.26 Å². The van der Waals surface area contributed by atoms with Crippen LogP contribution in [0.15, 0.2) is 24.3 Å². The molecule has 1 fully saturated rings. The maximum Gasteiger partial charge on any atom is 0.0695 e. The first-order chi connectivity index (χ1) is 8.65. The number of hydrogen-bond acceptors (Lipinski definition) is 2. The molecule has 2 heteroatoms. The molecule has 0 aromatic heterocycles. The molecule has 96 valence electrons.